The zero-order valence-corrected chi connectivity index (χ0v) is 70.0. The van der Waals surface area contributed by atoms with Crippen LogP contribution in [0.1, 0.15) is 104 Å². The van der Waals surface area contributed by atoms with Crippen molar-refractivity contribution in [1.29, 1.82) is 0 Å². The molecule has 0 spiro atoms. The number of pyridine rings is 6. The normalized spacial score (nSPS) is 20.1. The van der Waals surface area contributed by atoms with E-state index in [0.717, 1.165) is 162 Å². The number of benzene rings is 2. The first-order valence-electron chi connectivity index (χ1n) is 40.1. The molecule has 0 saturated carbocycles. The fraction of sp³-hybridized carbons (Fsp3) is 0.471. The van der Waals surface area contributed by atoms with E-state index in [-0.39, 0.29) is 55.4 Å². The second kappa shape index (κ2) is 34.6. The zero-order chi connectivity index (χ0) is 82.2. The van der Waals surface area contributed by atoms with Crippen LogP contribution in [0.4, 0.5) is 60.4 Å². The molecule has 7 saturated heterocycles. The van der Waals surface area contributed by atoms with E-state index >= 15 is 8.78 Å². The van der Waals surface area contributed by atoms with Gasteiger partial charge < -0.3 is 67.9 Å². The first-order valence-corrected chi connectivity index (χ1v) is 40.9. The number of fused-ring (bicyclic) bond motifs is 1. The van der Waals surface area contributed by atoms with Crippen LogP contribution in [0.25, 0.3) is 27.6 Å². The summed E-state index contributed by atoms with van der Waals surface area (Å²) in [7, 11) is 4.46. The molecule has 2 aromatic carbocycles. The number of hydrogen-bond acceptors (Lipinski definition) is 23. The number of ether oxygens (including phenoxy) is 3. The van der Waals surface area contributed by atoms with E-state index in [1.54, 1.807) is 73.1 Å². The second-order valence-corrected chi connectivity index (χ2v) is 34.1. The van der Waals surface area contributed by atoms with Gasteiger partial charge in [-0.15, -0.1) is 0 Å². The summed E-state index contributed by atoms with van der Waals surface area (Å²) >= 11 is 3.42. The summed E-state index contributed by atoms with van der Waals surface area (Å²) in [5.41, 5.74) is 3.25. The molecule has 7 aliphatic heterocycles. The van der Waals surface area contributed by atoms with Crippen molar-refractivity contribution >= 4 is 97.1 Å². The largest absolute Gasteiger partial charge is 0.496 e. The van der Waals surface area contributed by atoms with Crippen LogP contribution in [0.2, 0.25) is 0 Å². The molecule has 116 heavy (non-hydrogen) atoms. The standard InChI is InChI=1S/C39H41F2N7O4.C26H38BN5O4.C20H26BrN5O2/c1-6-27-19-46(29-21-52-22-29)9-10-47(27)28-7-8-35(42-17-28)44-33-12-24(18-45(5)37(33)50)30-14-26(40)15-34(31(30)20-49)48-38(51)36-23(16-43-48)11-25(13-32(36)41)39(2,3)4;1-7-19-15-31(21-16-34-17-21)10-11-32(19)20-8-9-23(28-13-20)29-22-12-18(14-30(6)24(22)33)27-35-25(2,3)26(4,5)36-27;1-3-15-11-25(17-12-28-13-17)6-7-26(15)16-4-5-19(22-9-16)23-18-8-14(21)10-24(2)20(18)27/h7-8,11-18,20,27,29H,6,9-10,19,21-22H2,1-5H3,(H,42,44);8-9,12-14,19,21H,7,10-11,15-17H2,1-6H3,(H,28,29);4-5,8-10,15,17H,3,6-7,11-13H2,1-2H3,(H,22,23)/t27-;19-;15-/m000/s1. The van der Waals surface area contributed by atoms with Gasteiger partial charge >= 0.3 is 7.12 Å². The molecule has 0 aliphatic carbocycles. The number of rotatable bonds is 19. The molecule has 0 radical (unpaired) electrons. The van der Waals surface area contributed by atoms with Crippen molar-refractivity contribution in [3.63, 3.8) is 0 Å². The molecule has 0 bridgehead atoms. The van der Waals surface area contributed by atoms with Crippen LogP contribution in [0.15, 0.2) is 146 Å². The summed E-state index contributed by atoms with van der Waals surface area (Å²) in [6.07, 6.45) is 15.5. The van der Waals surface area contributed by atoms with E-state index in [0.29, 0.717) is 82.5 Å². The number of aromatic nitrogens is 8. The Morgan fingerprint density at radius 1 is 0.543 bits per heavy atom. The van der Waals surface area contributed by atoms with Gasteiger partial charge in [-0.2, -0.15) is 9.78 Å². The third kappa shape index (κ3) is 17.7. The SMILES string of the molecule is CC[C@H]1CN(C2COC2)CCN1c1ccc(Nc2cc(-c3cc(F)cc(-n4ncc5cc(C(C)(C)C)cc(F)c5c4=O)c3C=O)cn(C)c2=O)nc1.CC[C@H]1CN(C2COC2)CCN1c1ccc(Nc2cc(B3OC(C)(C)C(C)(C)O3)cn(C)c2=O)nc1.CC[C@H]1CN(C2COC2)CCN1c1ccc(Nc2cc(Br)cn(C)c2=O)nc1. The van der Waals surface area contributed by atoms with Crippen LogP contribution in [-0.4, -0.2) is 213 Å². The van der Waals surface area contributed by atoms with E-state index < -0.39 is 35.5 Å². The minimum Gasteiger partial charge on any atom is -0.399 e. The lowest BCUT2D eigenvalue weighted by Gasteiger charge is -2.47. The number of hydrogen-bond donors (Lipinski definition) is 3. The highest BCUT2D eigenvalue weighted by molar-refractivity contribution is 9.10. The highest BCUT2D eigenvalue weighted by Crippen LogP contribution is 2.38. The maximum Gasteiger partial charge on any atom is 0.496 e. The molecule has 9 aromatic rings. The van der Waals surface area contributed by atoms with Gasteiger partial charge in [-0.1, -0.05) is 41.5 Å². The molecular weight excluding hydrogens is 1550 g/mol. The molecule has 3 N–H and O–H groups in total. The highest BCUT2D eigenvalue weighted by atomic mass is 79.9. The molecule has 7 aromatic heterocycles. The Labute approximate surface area is 683 Å². The number of aldehydes is 1. The maximum absolute atomic E-state index is 15.4. The average Bonchev–Trinajstić information content (AvgIpc) is 1.06. The molecule has 3 atom stereocenters. The average molecular weight is 1650 g/mol. The molecule has 614 valence electrons. The number of halogens is 3. The number of carbonyl (C=O) groups excluding carboxylic acids is 1. The van der Waals surface area contributed by atoms with Gasteiger partial charge in [-0.25, -0.2) is 23.7 Å². The highest BCUT2D eigenvalue weighted by Gasteiger charge is 2.52. The fourth-order valence-electron chi connectivity index (χ4n) is 15.9. The van der Waals surface area contributed by atoms with Crippen molar-refractivity contribution in [3.05, 3.63) is 191 Å². The van der Waals surface area contributed by atoms with Crippen molar-refractivity contribution in [1.82, 2.24) is 53.1 Å². The topological polar surface area (TPSA) is 258 Å². The molecule has 16 rings (SSSR count). The summed E-state index contributed by atoms with van der Waals surface area (Å²) < 4.78 is 65.3. The second-order valence-electron chi connectivity index (χ2n) is 33.2. The van der Waals surface area contributed by atoms with Crippen molar-refractivity contribution in [2.24, 2.45) is 21.1 Å². The maximum atomic E-state index is 15.4. The number of piperazine rings is 3. The minimum atomic E-state index is -0.840. The van der Waals surface area contributed by atoms with Crippen LogP contribution < -0.4 is 58.3 Å². The van der Waals surface area contributed by atoms with Crippen molar-refractivity contribution in [2.45, 2.75) is 141 Å². The first-order chi connectivity index (χ1) is 55.5. The van der Waals surface area contributed by atoms with Gasteiger partial charge in [0.1, 0.15) is 46.2 Å². The lowest BCUT2D eigenvalue weighted by Crippen LogP contribution is -2.60. The van der Waals surface area contributed by atoms with Gasteiger partial charge in [0, 0.05) is 149 Å². The van der Waals surface area contributed by atoms with Gasteiger partial charge in [0.15, 0.2) is 6.29 Å². The quantitative estimate of drug-likeness (QED) is 0.0502. The summed E-state index contributed by atoms with van der Waals surface area (Å²) in [5.74, 6) is 0.212. The van der Waals surface area contributed by atoms with E-state index in [4.69, 9.17) is 23.5 Å². The Morgan fingerprint density at radius 2 is 0.974 bits per heavy atom. The monoisotopic (exact) mass is 1650 g/mol. The summed E-state index contributed by atoms with van der Waals surface area (Å²) in [6.45, 7) is 34.5. The molecule has 14 heterocycles. The Bertz CT molecular complexity index is 5290. The molecule has 27 nitrogen and oxygen atoms in total. The molecular formula is C85H105BBrF2N17O10. The summed E-state index contributed by atoms with van der Waals surface area (Å²) in [6, 6.07) is 25.0. The van der Waals surface area contributed by atoms with Crippen LogP contribution in [0, 0.1) is 11.6 Å². The Hall–Kier alpha value is -9.57. The molecule has 7 fully saturated rings. The summed E-state index contributed by atoms with van der Waals surface area (Å²) in [4.78, 5) is 93.4. The predicted octanol–water partition coefficient (Wildman–Crippen LogP) is 10.3. The van der Waals surface area contributed by atoms with E-state index in [1.807, 2.05) is 79.1 Å². The Morgan fingerprint density at radius 3 is 1.38 bits per heavy atom. The van der Waals surface area contributed by atoms with Gasteiger partial charge in [0.2, 0.25) is 0 Å². The smallest absolute Gasteiger partial charge is 0.399 e. The summed E-state index contributed by atoms with van der Waals surface area (Å²) in [5, 5.41) is 13.7. The molecule has 0 amide bonds. The number of aryl methyl sites for hydroxylation is 3. The zero-order valence-electron chi connectivity index (χ0n) is 68.4. The first kappa shape index (κ1) is 82.9. The third-order valence-corrected chi connectivity index (χ3v) is 24.4. The van der Waals surface area contributed by atoms with Crippen LogP contribution in [0.3, 0.4) is 0 Å². The molecule has 0 unspecified atom stereocenters. The van der Waals surface area contributed by atoms with E-state index in [1.165, 1.54) is 29.1 Å². The lowest BCUT2D eigenvalue weighted by atomic mass is 9.80. The number of anilines is 9. The van der Waals surface area contributed by atoms with Crippen LogP contribution >= 0.6 is 15.9 Å². The lowest BCUT2D eigenvalue weighted by molar-refractivity contribution is -0.0698. The van der Waals surface area contributed by atoms with Crippen LogP contribution in [-0.2, 0) is 50.1 Å². The van der Waals surface area contributed by atoms with Crippen molar-refractivity contribution in [3.8, 4) is 16.8 Å². The van der Waals surface area contributed by atoms with Crippen molar-refractivity contribution in [2.75, 3.05) is 129 Å². The van der Waals surface area contributed by atoms with E-state index in [9.17, 15) is 24.0 Å². The Balaban J connectivity index is 0.000000151. The number of nitrogens with zero attached hydrogens (tertiary/aromatic N) is 14. The molecule has 7 aliphatic rings. The number of carbonyl (C=O) groups is 1. The van der Waals surface area contributed by atoms with Gasteiger partial charge in [-0.05, 0) is 152 Å². The molecule has 31 heteroatoms. The van der Waals surface area contributed by atoms with Gasteiger partial charge in [-0.3, -0.25) is 38.7 Å². The fourth-order valence-corrected chi connectivity index (χ4v) is 16.5. The minimum absolute atomic E-state index is 0.0652. The number of nitrogens with one attached hydrogen (secondary N) is 3. The predicted molar refractivity (Wildman–Crippen MR) is 454 cm³/mol. The van der Waals surface area contributed by atoms with Gasteiger partial charge in [0.05, 0.1) is 122 Å². The van der Waals surface area contributed by atoms with Crippen LogP contribution in [0.5, 0.6) is 0 Å². The van der Waals surface area contributed by atoms with Gasteiger partial charge in [0.25, 0.3) is 22.2 Å². The van der Waals surface area contributed by atoms with E-state index in [2.05, 4.69) is 114 Å². The third-order valence-electron chi connectivity index (χ3n) is 23.9. The van der Waals surface area contributed by atoms with Crippen molar-refractivity contribution < 1.29 is 37.1 Å². The Kier molecular flexibility index (Phi) is 24.7.